The number of amides is 1. The Balaban J connectivity index is 1.55. The standard InChI is InChI=1S/C19H24N4O2/c1-3-23-10-6-7-13(23)11-20-19(24)17-15-12-25-16-9-5-4-8-14(16)18(15)22(2)21-17/h4-5,8-9,13H,3,6-7,10-12H2,1-2H3,(H,20,24)/t13-/m0/s1. The molecule has 0 aliphatic carbocycles. The van der Waals surface area contributed by atoms with Gasteiger partial charge in [-0.25, -0.2) is 0 Å². The number of benzene rings is 1. The third kappa shape index (κ3) is 2.80. The third-order valence-electron chi connectivity index (χ3n) is 5.28. The van der Waals surface area contributed by atoms with Crippen LogP contribution in [0.3, 0.4) is 0 Å². The van der Waals surface area contributed by atoms with E-state index < -0.39 is 0 Å². The first-order valence-corrected chi connectivity index (χ1v) is 8.99. The third-order valence-corrected chi connectivity index (χ3v) is 5.28. The number of hydrogen-bond donors (Lipinski definition) is 1. The van der Waals surface area contributed by atoms with Crippen molar-refractivity contribution in [3.05, 3.63) is 35.5 Å². The molecule has 1 N–H and O–H groups in total. The van der Waals surface area contributed by atoms with Gasteiger partial charge in [-0.05, 0) is 38.1 Å². The lowest BCUT2D eigenvalue weighted by Crippen LogP contribution is -2.40. The van der Waals surface area contributed by atoms with Gasteiger partial charge in [0.25, 0.3) is 5.91 Å². The normalized spacial score (nSPS) is 19.2. The van der Waals surface area contributed by atoms with E-state index >= 15 is 0 Å². The number of hydrogen-bond acceptors (Lipinski definition) is 4. The molecule has 25 heavy (non-hydrogen) atoms. The topological polar surface area (TPSA) is 59.4 Å². The molecule has 0 spiro atoms. The average molecular weight is 340 g/mol. The van der Waals surface area contributed by atoms with Crippen molar-refractivity contribution in [3.63, 3.8) is 0 Å². The number of likely N-dealkylation sites (tertiary alicyclic amines) is 1. The predicted molar refractivity (Wildman–Crippen MR) is 95.6 cm³/mol. The Morgan fingerprint density at radius 3 is 3.08 bits per heavy atom. The van der Waals surface area contributed by atoms with Gasteiger partial charge < -0.3 is 10.1 Å². The SMILES string of the molecule is CCN1CCC[C@H]1CNC(=O)c1nn(C)c2c1COc1ccccc1-2. The van der Waals surface area contributed by atoms with Crippen LogP contribution in [0.1, 0.15) is 35.8 Å². The first-order valence-electron chi connectivity index (χ1n) is 8.99. The molecule has 0 bridgehead atoms. The number of aryl methyl sites for hydroxylation is 1. The lowest BCUT2D eigenvalue weighted by molar-refractivity contribution is 0.0933. The van der Waals surface area contributed by atoms with Crippen LogP contribution in [0.15, 0.2) is 24.3 Å². The lowest BCUT2D eigenvalue weighted by Gasteiger charge is -2.23. The van der Waals surface area contributed by atoms with E-state index in [9.17, 15) is 4.79 Å². The van der Waals surface area contributed by atoms with E-state index in [0.717, 1.165) is 42.1 Å². The van der Waals surface area contributed by atoms with Gasteiger partial charge in [-0.1, -0.05) is 19.1 Å². The van der Waals surface area contributed by atoms with Crippen LogP contribution in [0.25, 0.3) is 11.3 Å². The second-order valence-corrected chi connectivity index (χ2v) is 6.72. The van der Waals surface area contributed by atoms with E-state index in [1.807, 2.05) is 31.3 Å². The monoisotopic (exact) mass is 340 g/mol. The van der Waals surface area contributed by atoms with Crippen molar-refractivity contribution >= 4 is 5.91 Å². The second kappa shape index (κ2) is 6.52. The molecule has 0 saturated carbocycles. The van der Waals surface area contributed by atoms with Gasteiger partial charge in [0, 0.05) is 30.8 Å². The van der Waals surface area contributed by atoms with Gasteiger partial charge >= 0.3 is 0 Å². The van der Waals surface area contributed by atoms with Crippen molar-refractivity contribution in [1.29, 1.82) is 0 Å². The van der Waals surface area contributed by atoms with Gasteiger partial charge in [0.1, 0.15) is 12.4 Å². The fourth-order valence-electron chi connectivity index (χ4n) is 4.00. The van der Waals surface area contributed by atoms with Crippen LogP contribution in [-0.4, -0.2) is 46.3 Å². The summed E-state index contributed by atoms with van der Waals surface area (Å²) in [6.45, 7) is 5.39. The molecule has 132 valence electrons. The molecule has 1 atom stereocenters. The Morgan fingerprint density at radius 2 is 2.24 bits per heavy atom. The van der Waals surface area contributed by atoms with Crippen molar-refractivity contribution in [1.82, 2.24) is 20.0 Å². The summed E-state index contributed by atoms with van der Waals surface area (Å²) in [5, 5.41) is 7.57. The largest absolute Gasteiger partial charge is 0.488 e. The summed E-state index contributed by atoms with van der Waals surface area (Å²) >= 11 is 0. The summed E-state index contributed by atoms with van der Waals surface area (Å²) in [7, 11) is 1.88. The number of nitrogens with zero attached hydrogens (tertiary/aromatic N) is 3. The molecule has 1 aromatic carbocycles. The molecule has 1 aromatic heterocycles. The number of carbonyl (C=O) groups is 1. The Kier molecular flexibility index (Phi) is 4.21. The van der Waals surface area contributed by atoms with Gasteiger partial charge in [-0.3, -0.25) is 14.4 Å². The maximum absolute atomic E-state index is 12.7. The highest BCUT2D eigenvalue weighted by Crippen LogP contribution is 2.38. The minimum absolute atomic E-state index is 0.109. The molecular formula is C19H24N4O2. The molecule has 0 radical (unpaired) electrons. The van der Waals surface area contributed by atoms with Crippen molar-refractivity contribution in [2.45, 2.75) is 32.4 Å². The highest BCUT2D eigenvalue weighted by Gasteiger charge is 2.29. The fourth-order valence-corrected chi connectivity index (χ4v) is 4.00. The molecule has 6 nitrogen and oxygen atoms in total. The van der Waals surface area contributed by atoms with Crippen molar-refractivity contribution in [2.24, 2.45) is 7.05 Å². The Hall–Kier alpha value is -2.34. The van der Waals surface area contributed by atoms with Crippen LogP contribution in [0.2, 0.25) is 0 Å². The highest BCUT2D eigenvalue weighted by atomic mass is 16.5. The smallest absolute Gasteiger partial charge is 0.272 e. The summed E-state index contributed by atoms with van der Waals surface area (Å²) in [6, 6.07) is 8.32. The number of fused-ring (bicyclic) bond motifs is 3. The second-order valence-electron chi connectivity index (χ2n) is 6.72. The quantitative estimate of drug-likeness (QED) is 0.927. The summed E-state index contributed by atoms with van der Waals surface area (Å²) in [4.78, 5) is 15.2. The summed E-state index contributed by atoms with van der Waals surface area (Å²) in [5.74, 6) is 0.734. The lowest BCUT2D eigenvalue weighted by atomic mass is 10.0. The van der Waals surface area contributed by atoms with E-state index in [1.165, 1.54) is 6.42 Å². The minimum atomic E-state index is -0.109. The van der Waals surface area contributed by atoms with Crippen LogP contribution >= 0.6 is 0 Å². The highest BCUT2D eigenvalue weighted by molar-refractivity contribution is 5.96. The molecule has 1 fully saturated rings. The molecule has 1 amide bonds. The maximum atomic E-state index is 12.7. The zero-order valence-corrected chi connectivity index (χ0v) is 14.8. The van der Waals surface area contributed by atoms with Crippen LogP contribution < -0.4 is 10.1 Å². The Bertz CT molecular complexity index is 799. The Morgan fingerprint density at radius 1 is 1.40 bits per heavy atom. The zero-order chi connectivity index (χ0) is 17.4. The van der Waals surface area contributed by atoms with E-state index in [0.29, 0.717) is 24.9 Å². The summed E-state index contributed by atoms with van der Waals surface area (Å²) < 4.78 is 7.62. The molecule has 4 rings (SSSR count). The zero-order valence-electron chi connectivity index (χ0n) is 14.8. The van der Waals surface area contributed by atoms with Crippen molar-refractivity contribution in [2.75, 3.05) is 19.6 Å². The Labute approximate surface area is 147 Å². The molecule has 2 aliphatic rings. The van der Waals surface area contributed by atoms with Gasteiger partial charge in [0.05, 0.1) is 5.69 Å². The number of aromatic nitrogens is 2. The predicted octanol–water partition coefficient (Wildman–Crippen LogP) is 2.19. The van der Waals surface area contributed by atoms with E-state index in [1.54, 1.807) is 4.68 Å². The molecule has 6 heteroatoms. The number of ether oxygens (including phenoxy) is 1. The number of para-hydroxylation sites is 1. The van der Waals surface area contributed by atoms with E-state index in [2.05, 4.69) is 22.2 Å². The average Bonchev–Trinajstić information content (AvgIpc) is 3.23. The van der Waals surface area contributed by atoms with Crippen LogP contribution in [0.4, 0.5) is 0 Å². The van der Waals surface area contributed by atoms with Crippen molar-refractivity contribution in [3.8, 4) is 17.0 Å². The van der Waals surface area contributed by atoms with Gasteiger partial charge in [-0.15, -0.1) is 0 Å². The molecule has 1 saturated heterocycles. The van der Waals surface area contributed by atoms with Crippen molar-refractivity contribution < 1.29 is 9.53 Å². The van der Waals surface area contributed by atoms with Crippen LogP contribution in [0.5, 0.6) is 5.75 Å². The van der Waals surface area contributed by atoms with Gasteiger partial charge in [-0.2, -0.15) is 5.10 Å². The number of carbonyl (C=O) groups excluding carboxylic acids is 1. The summed E-state index contributed by atoms with van der Waals surface area (Å²) in [6.07, 6.45) is 2.35. The number of likely N-dealkylation sites (N-methyl/N-ethyl adjacent to an activating group) is 1. The van der Waals surface area contributed by atoms with Gasteiger partial charge in [0.15, 0.2) is 5.69 Å². The first-order chi connectivity index (χ1) is 12.2. The van der Waals surface area contributed by atoms with Gasteiger partial charge in [0.2, 0.25) is 0 Å². The van der Waals surface area contributed by atoms with E-state index in [4.69, 9.17) is 4.74 Å². The van der Waals surface area contributed by atoms with Crippen LogP contribution in [0, 0.1) is 0 Å². The number of nitrogens with one attached hydrogen (secondary N) is 1. The molecule has 2 aromatic rings. The first kappa shape index (κ1) is 16.1. The molecule has 2 aliphatic heterocycles. The van der Waals surface area contributed by atoms with Crippen LogP contribution in [-0.2, 0) is 13.7 Å². The summed E-state index contributed by atoms with van der Waals surface area (Å²) in [5.41, 5.74) is 3.32. The molecule has 3 heterocycles. The fraction of sp³-hybridized carbons (Fsp3) is 0.474. The number of rotatable bonds is 4. The molecule has 0 unspecified atom stereocenters. The van der Waals surface area contributed by atoms with E-state index in [-0.39, 0.29) is 5.91 Å². The molecular weight excluding hydrogens is 316 g/mol. The maximum Gasteiger partial charge on any atom is 0.272 e. The minimum Gasteiger partial charge on any atom is -0.488 e.